The van der Waals surface area contributed by atoms with Crippen LogP contribution in [-0.4, -0.2) is 41.2 Å². The van der Waals surface area contributed by atoms with Crippen molar-refractivity contribution in [2.24, 2.45) is 5.10 Å². The molecule has 6 heteroatoms. The second-order valence-corrected chi connectivity index (χ2v) is 7.46. The van der Waals surface area contributed by atoms with E-state index in [4.69, 9.17) is 0 Å². The van der Waals surface area contributed by atoms with Crippen molar-refractivity contribution in [2.75, 3.05) is 19.6 Å². The summed E-state index contributed by atoms with van der Waals surface area (Å²) in [5.41, 5.74) is 1.85. The summed E-state index contributed by atoms with van der Waals surface area (Å²) in [5.74, 6) is -0.251. The summed E-state index contributed by atoms with van der Waals surface area (Å²) in [6, 6.07) is 10.3. The van der Waals surface area contributed by atoms with Crippen LogP contribution in [0.25, 0.3) is 0 Å². The van der Waals surface area contributed by atoms with Gasteiger partial charge < -0.3 is 0 Å². The van der Waals surface area contributed by atoms with E-state index in [1.807, 2.05) is 17.5 Å². The minimum atomic E-state index is -0.268. The molecule has 0 unspecified atom stereocenters. The van der Waals surface area contributed by atoms with Gasteiger partial charge in [0, 0.05) is 6.42 Å². The van der Waals surface area contributed by atoms with E-state index in [0.717, 1.165) is 42.1 Å². The van der Waals surface area contributed by atoms with E-state index in [0.29, 0.717) is 13.0 Å². The van der Waals surface area contributed by atoms with Gasteiger partial charge in [-0.1, -0.05) is 18.2 Å². The lowest BCUT2D eigenvalue weighted by atomic mass is 10.0. The number of carbonyl (C=O) groups excluding carboxylic acids is 1. The molecule has 25 heavy (non-hydrogen) atoms. The average molecular weight is 357 g/mol. The van der Waals surface area contributed by atoms with Crippen molar-refractivity contribution in [3.63, 3.8) is 0 Å². The molecule has 0 N–H and O–H groups in total. The zero-order chi connectivity index (χ0) is 17.2. The summed E-state index contributed by atoms with van der Waals surface area (Å²) in [6.45, 7) is 2.35. The summed E-state index contributed by atoms with van der Waals surface area (Å²) in [7, 11) is 0. The molecule has 4 nitrogen and oxygen atoms in total. The molecule has 2 aliphatic heterocycles. The monoisotopic (exact) mass is 357 g/mol. The fourth-order valence-corrected chi connectivity index (χ4v) is 4.20. The second-order valence-electron chi connectivity index (χ2n) is 6.52. The highest BCUT2D eigenvalue weighted by Gasteiger charge is 2.34. The topological polar surface area (TPSA) is 35.9 Å². The smallest absolute Gasteiger partial charge is 0.257 e. The summed E-state index contributed by atoms with van der Waals surface area (Å²) < 4.78 is 13.3. The van der Waals surface area contributed by atoms with Crippen molar-refractivity contribution >= 4 is 23.0 Å². The molecular formula is C19H20FN3OS. The average Bonchev–Trinajstić information content (AvgIpc) is 3.36. The number of halogens is 1. The third-order valence-electron chi connectivity index (χ3n) is 4.78. The third-order valence-corrected chi connectivity index (χ3v) is 5.70. The maximum Gasteiger partial charge on any atom is 0.257 e. The van der Waals surface area contributed by atoms with Crippen molar-refractivity contribution in [3.05, 3.63) is 58.0 Å². The zero-order valence-corrected chi connectivity index (χ0v) is 14.7. The van der Waals surface area contributed by atoms with Crippen LogP contribution in [0.4, 0.5) is 4.39 Å². The zero-order valence-electron chi connectivity index (χ0n) is 13.9. The SMILES string of the molecule is O=C(CN1CCCC1)N1N=C(c2cccs2)C[C@@H]1c1ccc(F)cc1. The van der Waals surface area contributed by atoms with Crippen molar-refractivity contribution in [2.45, 2.75) is 25.3 Å². The van der Waals surface area contributed by atoms with Crippen molar-refractivity contribution in [1.29, 1.82) is 0 Å². The molecule has 2 aliphatic rings. The van der Waals surface area contributed by atoms with Gasteiger partial charge in [0.15, 0.2) is 0 Å². The van der Waals surface area contributed by atoms with Crippen molar-refractivity contribution in [3.8, 4) is 0 Å². The first-order valence-corrected chi connectivity index (χ1v) is 9.50. The highest BCUT2D eigenvalue weighted by Crippen LogP contribution is 2.34. The Morgan fingerprint density at radius 2 is 1.96 bits per heavy atom. The Morgan fingerprint density at radius 1 is 1.20 bits per heavy atom. The molecule has 1 aromatic heterocycles. The van der Waals surface area contributed by atoms with E-state index in [1.54, 1.807) is 28.5 Å². The van der Waals surface area contributed by atoms with Crippen molar-refractivity contribution in [1.82, 2.24) is 9.91 Å². The minimum Gasteiger partial charge on any atom is -0.294 e. The van der Waals surface area contributed by atoms with Gasteiger partial charge in [-0.3, -0.25) is 9.69 Å². The maximum atomic E-state index is 13.3. The van der Waals surface area contributed by atoms with E-state index in [-0.39, 0.29) is 17.8 Å². The molecule has 0 saturated carbocycles. The number of rotatable bonds is 4. The summed E-state index contributed by atoms with van der Waals surface area (Å²) in [6.07, 6.45) is 2.97. The molecule has 0 aliphatic carbocycles. The van der Waals surface area contributed by atoms with E-state index in [2.05, 4.69) is 10.0 Å². The first-order chi connectivity index (χ1) is 12.2. The van der Waals surface area contributed by atoms with Gasteiger partial charge >= 0.3 is 0 Å². The van der Waals surface area contributed by atoms with Gasteiger partial charge in [0.05, 0.1) is 23.2 Å². The van der Waals surface area contributed by atoms with Crippen LogP contribution in [-0.2, 0) is 4.79 Å². The van der Waals surface area contributed by atoms with Gasteiger partial charge in [-0.05, 0) is 55.1 Å². The number of thiophene rings is 1. The number of hydrogen-bond acceptors (Lipinski definition) is 4. The molecule has 3 heterocycles. The molecule has 0 bridgehead atoms. The van der Waals surface area contributed by atoms with Crippen LogP contribution in [0.2, 0.25) is 0 Å². The number of nitrogens with zero attached hydrogens (tertiary/aromatic N) is 3. The Labute approximate surface area is 150 Å². The fourth-order valence-electron chi connectivity index (χ4n) is 3.48. The molecule has 130 valence electrons. The predicted octanol–water partition coefficient (Wildman–Crippen LogP) is 3.66. The lowest BCUT2D eigenvalue weighted by Crippen LogP contribution is -2.36. The summed E-state index contributed by atoms with van der Waals surface area (Å²) in [5, 5.41) is 8.27. The number of hydrogen-bond donors (Lipinski definition) is 0. The Bertz CT molecular complexity index is 766. The number of carbonyl (C=O) groups is 1. The Kier molecular flexibility index (Phi) is 4.63. The van der Waals surface area contributed by atoms with Crippen LogP contribution >= 0.6 is 11.3 Å². The van der Waals surface area contributed by atoms with E-state index >= 15 is 0 Å². The molecular weight excluding hydrogens is 337 g/mol. The van der Waals surface area contributed by atoms with Crippen LogP contribution in [0.3, 0.4) is 0 Å². The van der Waals surface area contributed by atoms with Crippen LogP contribution in [0.1, 0.15) is 35.7 Å². The Morgan fingerprint density at radius 3 is 2.64 bits per heavy atom. The fraction of sp³-hybridized carbons (Fsp3) is 0.368. The standard InChI is InChI=1S/C19H20FN3OS/c20-15-7-5-14(6-8-15)17-12-16(18-4-3-11-25-18)21-23(17)19(24)13-22-9-1-2-10-22/h3-8,11,17H,1-2,9-10,12-13H2/t17-/m1/s1. The number of benzene rings is 1. The van der Waals surface area contributed by atoms with E-state index in [9.17, 15) is 9.18 Å². The maximum absolute atomic E-state index is 13.3. The molecule has 1 atom stereocenters. The highest BCUT2D eigenvalue weighted by molar-refractivity contribution is 7.12. The van der Waals surface area contributed by atoms with Gasteiger partial charge in [-0.15, -0.1) is 11.3 Å². The van der Waals surface area contributed by atoms with Gasteiger partial charge in [0.25, 0.3) is 5.91 Å². The van der Waals surface area contributed by atoms with Crippen LogP contribution in [0.5, 0.6) is 0 Å². The summed E-state index contributed by atoms with van der Waals surface area (Å²) in [4.78, 5) is 16.1. The Hall–Kier alpha value is -2.05. The number of amides is 1. The highest BCUT2D eigenvalue weighted by atomic mass is 32.1. The quantitative estimate of drug-likeness (QED) is 0.837. The number of likely N-dealkylation sites (tertiary alicyclic amines) is 1. The largest absolute Gasteiger partial charge is 0.294 e. The molecule has 1 fully saturated rings. The van der Waals surface area contributed by atoms with Crippen LogP contribution in [0.15, 0.2) is 46.9 Å². The normalized spacial score (nSPS) is 20.9. The van der Waals surface area contributed by atoms with E-state index < -0.39 is 0 Å². The first kappa shape index (κ1) is 16.4. The lowest BCUT2D eigenvalue weighted by molar-refractivity contribution is -0.134. The van der Waals surface area contributed by atoms with Gasteiger partial charge in [-0.25, -0.2) is 9.40 Å². The van der Waals surface area contributed by atoms with Crippen LogP contribution in [0, 0.1) is 5.82 Å². The summed E-state index contributed by atoms with van der Waals surface area (Å²) >= 11 is 1.63. The molecule has 0 radical (unpaired) electrons. The lowest BCUT2D eigenvalue weighted by Gasteiger charge is -2.24. The first-order valence-electron chi connectivity index (χ1n) is 8.62. The molecule has 1 saturated heterocycles. The molecule has 0 spiro atoms. The Balaban J connectivity index is 1.59. The van der Waals surface area contributed by atoms with Gasteiger partial charge in [0.1, 0.15) is 5.82 Å². The van der Waals surface area contributed by atoms with Gasteiger partial charge in [-0.2, -0.15) is 5.10 Å². The minimum absolute atomic E-state index is 0.0165. The second kappa shape index (κ2) is 7.06. The van der Waals surface area contributed by atoms with Crippen molar-refractivity contribution < 1.29 is 9.18 Å². The third kappa shape index (κ3) is 3.50. The van der Waals surface area contributed by atoms with E-state index in [1.165, 1.54) is 12.1 Å². The molecule has 1 amide bonds. The number of hydrazone groups is 1. The predicted molar refractivity (Wildman–Crippen MR) is 97.1 cm³/mol. The molecule has 4 rings (SSSR count). The molecule has 1 aromatic carbocycles. The molecule has 2 aromatic rings. The van der Waals surface area contributed by atoms with Crippen LogP contribution < -0.4 is 0 Å². The van der Waals surface area contributed by atoms with Gasteiger partial charge in [0.2, 0.25) is 0 Å².